The molecule has 0 spiro atoms. The van der Waals surface area contributed by atoms with Crippen molar-refractivity contribution in [2.75, 3.05) is 26.8 Å². The first-order chi connectivity index (χ1) is 16.5. The lowest BCUT2D eigenvalue weighted by Crippen LogP contribution is -2.46. The van der Waals surface area contributed by atoms with Gasteiger partial charge in [0.2, 0.25) is 0 Å². The smallest absolute Gasteiger partial charge is 0.318 e. The number of hydrogen-bond donors (Lipinski definition) is 1. The van der Waals surface area contributed by atoms with E-state index in [4.69, 9.17) is 9.47 Å². The second kappa shape index (κ2) is 10.6. The lowest BCUT2D eigenvalue weighted by atomic mass is 9.85. The Hall–Kier alpha value is -3.54. The van der Waals surface area contributed by atoms with E-state index in [1.54, 1.807) is 13.3 Å². The normalized spacial score (nSPS) is 14.9. The summed E-state index contributed by atoms with van der Waals surface area (Å²) >= 11 is 0. The van der Waals surface area contributed by atoms with Crippen molar-refractivity contribution in [2.24, 2.45) is 0 Å². The fraction of sp³-hybridized carbons (Fsp3) is 0.357. The molecule has 2 amide bonds. The van der Waals surface area contributed by atoms with Gasteiger partial charge in [-0.15, -0.1) is 0 Å². The molecule has 3 aromatic rings. The molecule has 0 fully saturated rings. The second-order valence-electron chi connectivity index (χ2n) is 8.70. The molecule has 2 aromatic carbocycles. The zero-order valence-corrected chi connectivity index (χ0v) is 20.4. The van der Waals surface area contributed by atoms with E-state index in [-0.39, 0.29) is 12.1 Å². The molecule has 6 heteroatoms. The van der Waals surface area contributed by atoms with Gasteiger partial charge in [0.15, 0.2) is 11.5 Å². The number of urea groups is 1. The van der Waals surface area contributed by atoms with Crippen LogP contribution >= 0.6 is 0 Å². The Bertz CT molecular complexity index is 1150. The minimum absolute atomic E-state index is 0.0482. The molecule has 1 aliphatic rings. The fourth-order valence-electron chi connectivity index (χ4n) is 4.66. The Morgan fingerprint density at radius 3 is 2.71 bits per heavy atom. The van der Waals surface area contributed by atoms with Gasteiger partial charge >= 0.3 is 6.03 Å². The van der Waals surface area contributed by atoms with E-state index in [1.807, 2.05) is 30.2 Å². The molecule has 0 saturated heterocycles. The van der Waals surface area contributed by atoms with Gasteiger partial charge in [-0.25, -0.2) is 4.79 Å². The average molecular weight is 460 g/mol. The van der Waals surface area contributed by atoms with E-state index < -0.39 is 0 Å². The van der Waals surface area contributed by atoms with E-state index in [0.29, 0.717) is 25.4 Å². The Morgan fingerprint density at radius 1 is 1.15 bits per heavy atom. The maximum atomic E-state index is 13.1. The fourth-order valence-corrected chi connectivity index (χ4v) is 4.66. The minimum atomic E-state index is -0.192. The molecule has 1 atom stereocenters. The number of methoxy groups -OCH3 is 1. The van der Waals surface area contributed by atoms with Gasteiger partial charge in [0.05, 0.1) is 19.8 Å². The van der Waals surface area contributed by atoms with Crippen LogP contribution in [0.25, 0.3) is 0 Å². The predicted octanol–water partition coefficient (Wildman–Crippen LogP) is 5.01. The molecule has 1 aromatic heterocycles. The van der Waals surface area contributed by atoms with Crippen molar-refractivity contribution in [3.63, 3.8) is 0 Å². The number of nitrogens with one attached hydrogen (secondary N) is 1. The summed E-state index contributed by atoms with van der Waals surface area (Å²) in [5.41, 5.74) is 6.89. The van der Waals surface area contributed by atoms with Crippen molar-refractivity contribution >= 4 is 6.03 Å². The highest BCUT2D eigenvalue weighted by atomic mass is 16.5. The van der Waals surface area contributed by atoms with Gasteiger partial charge in [-0.3, -0.25) is 4.98 Å². The van der Waals surface area contributed by atoms with Crippen LogP contribution in [-0.4, -0.2) is 42.7 Å². The van der Waals surface area contributed by atoms with Gasteiger partial charge in [-0.05, 0) is 73.2 Å². The summed E-state index contributed by atoms with van der Waals surface area (Å²) in [5, 5.41) is 2.99. The summed E-state index contributed by atoms with van der Waals surface area (Å²) in [5.74, 6) is 1.41. The van der Waals surface area contributed by atoms with Crippen LogP contribution < -0.4 is 14.8 Å². The number of hydrogen-bond acceptors (Lipinski definition) is 4. The number of fused-ring (bicyclic) bond motifs is 1. The standard InChI is InChI=1S/C28H33N3O3/c1-5-30-28(32)31-13-10-22-16-25(33-4)26(34-14-11-21-7-6-12-29-18-21)17-24(22)27(31)23-9-8-19(2)15-20(23)3/h6-9,12,15-18,27H,5,10-11,13-14H2,1-4H3,(H,30,32). The van der Waals surface area contributed by atoms with E-state index in [0.717, 1.165) is 35.3 Å². The van der Waals surface area contributed by atoms with E-state index in [2.05, 4.69) is 54.5 Å². The van der Waals surface area contributed by atoms with Gasteiger partial charge < -0.3 is 19.7 Å². The topological polar surface area (TPSA) is 63.7 Å². The molecule has 34 heavy (non-hydrogen) atoms. The Balaban J connectivity index is 1.72. The number of pyridine rings is 1. The highest BCUT2D eigenvalue weighted by Crippen LogP contribution is 2.42. The largest absolute Gasteiger partial charge is 0.493 e. The summed E-state index contributed by atoms with van der Waals surface area (Å²) < 4.78 is 11.9. The average Bonchev–Trinajstić information content (AvgIpc) is 2.84. The maximum Gasteiger partial charge on any atom is 0.318 e. The summed E-state index contributed by atoms with van der Waals surface area (Å²) in [6, 6.07) is 14.3. The van der Waals surface area contributed by atoms with Crippen molar-refractivity contribution in [3.8, 4) is 11.5 Å². The van der Waals surface area contributed by atoms with Crippen LogP contribution in [0.5, 0.6) is 11.5 Å². The van der Waals surface area contributed by atoms with Crippen molar-refractivity contribution < 1.29 is 14.3 Å². The Labute approximate surface area is 201 Å². The number of ether oxygens (including phenoxy) is 2. The lowest BCUT2D eigenvalue weighted by molar-refractivity contribution is 0.180. The van der Waals surface area contributed by atoms with Crippen LogP contribution in [0, 0.1) is 13.8 Å². The quantitative estimate of drug-likeness (QED) is 0.540. The molecule has 0 saturated carbocycles. The SMILES string of the molecule is CCNC(=O)N1CCc2cc(OC)c(OCCc3cccnc3)cc2C1c1ccc(C)cc1C. The van der Waals surface area contributed by atoms with Crippen molar-refractivity contribution in [1.82, 2.24) is 15.2 Å². The summed E-state index contributed by atoms with van der Waals surface area (Å²) in [4.78, 5) is 19.2. The van der Waals surface area contributed by atoms with E-state index in [9.17, 15) is 4.79 Å². The number of aryl methyl sites for hydroxylation is 2. The Kier molecular flexibility index (Phi) is 7.36. The predicted molar refractivity (Wildman–Crippen MR) is 134 cm³/mol. The molecule has 6 nitrogen and oxygen atoms in total. The number of aromatic nitrogens is 1. The summed E-state index contributed by atoms with van der Waals surface area (Å²) in [7, 11) is 1.67. The van der Waals surface area contributed by atoms with Crippen LogP contribution in [0.2, 0.25) is 0 Å². The van der Waals surface area contributed by atoms with Crippen LogP contribution in [0.15, 0.2) is 54.9 Å². The molecule has 0 aliphatic carbocycles. The molecule has 1 aliphatic heterocycles. The number of carbonyl (C=O) groups is 1. The van der Waals surface area contributed by atoms with Gasteiger partial charge in [0.25, 0.3) is 0 Å². The molecule has 0 radical (unpaired) electrons. The van der Waals surface area contributed by atoms with Crippen LogP contribution in [0.4, 0.5) is 4.79 Å². The molecule has 4 rings (SSSR count). The minimum Gasteiger partial charge on any atom is -0.493 e. The molecular weight excluding hydrogens is 426 g/mol. The van der Waals surface area contributed by atoms with Crippen LogP contribution in [-0.2, 0) is 12.8 Å². The summed E-state index contributed by atoms with van der Waals surface area (Å²) in [6.45, 7) is 7.89. The van der Waals surface area contributed by atoms with E-state index >= 15 is 0 Å². The number of nitrogens with zero attached hydrogens (tertiary/aromatic N) is 2. The van der Waals surface area contributed by atoms with Gasteiger partial charge in [0.1, 0.15) is 0 Å². The van der Waals surface area contributed by atoms with Crippen molar-refractivity contribution in [2.45, 2.75) is 39.7 Å². The third kappa shape index (κ3) is 5.01. The van der Waals surface area contributed by atoms with Crippen LogP contribution in [0.3, 0.4) is 0 Å². The highest BCUT2D eigenvalue weighted by Gasteiger charge is 2.34. The number of carbonyl (C=O) groups excluding carboxylic acids is 1. The molecule has 2 heterocycles. The molecule has 178 valence electrons. The first kappa shape index (κ1) is 23.6. The van der Waals surface area contributed by atoms with Crippen LogP contribution in [0.1, 0.15) is 46.3 Å². The molecular formula is C28H33N3O3. The van der Waals surface area contributed by atoms with Gasteiger partial charge in [-0.1, -0.05) is 29.8 Å². The number of rotatable bonds is 7. The summed E-state index contributed by atoms with van der Waals surface area (Å²) in [6.07, 6.45) is 5.14. The van der Waals surface area contributed by atoms with E-state index in [1.165, 1.54) is 16.7 Å². The monoisotopic (exact) mass is 459 g/mol. The third-order valence-corrected chi connectivity index (χ3v) is 6.33. The second-order valence-corrected chi connectivity index (χ2v) is 8.70. The molecule has 1 N–H and O–H groups in total. The zero-order chi connectivity index (χ0) is 24.1. The molecule has 1 unspecified atom stereocenters. The maximum absolute atomic E-state index is 13.1. The van der Waals surface area contributed by atoms with Gasteiger partial charge in [-0.2, -0.15) is 0 Å². The number of benzene rings is 2. The zero-order valence-electron chi connectivity index (χ0n) is 20.4. The third-order valence-electron chi connectivity index (χ3n) is 6.33. The Morgan fingerprint density at radius 2 is 2.00 bits per heavy atom. The highest BCUT2D eigenvalue weighted by molar-refractivity contribution is 5.76. The van der Waals surface area contributed by atoms with Crippen molar-refractivity contribution in [1.29, 1.82) is 0 Å². The first-order valence-electron chi connectivity index (χ1n) is 11.9. The molecule has 0 bridgehead atoms. The lowest BCUT2D eigenvalue weighted by Gasteiger charge is -2.38. The van der Waals surface area contributed by atoms with Crippen molar-refractivity contribution in [3.05, 3.63) is 88.2 Å². The number of amides is 2. The van der Waals surface area contributed by atoms with Gasteiger partial charge in [0, 0.05) is 31.9 Å². The first-order valence-corrected chi connectivity index (χ1v) is 11.9.